The number of carbonyl (C=O) groups excluding carboxylic acids is 2. The normalized spacial score (nSPS) is 21.0. The molecule has 0 bridgehead atoms. The van der Waals surface area contributed by atoms with Gasteiger partial charge in [-0.15, -0.1) is 0 Å². The summed E-state index contributed by atoms with van der Waals surface area (Å²) in [6.07, 6.45) is 9.66. The molecule has 0 aromatic heterocycles. The van der Waals surface area contributed by atoms with E-state index in [0.717, 1.165) is 68.9 Å². The Hall–Kier alpha value is -1.24. The lowest BCUT2D eigenvalue weighted by Gasteiger charge is -2.22. The molecule has 29 heavy (non-hydrogen) atoms. The van der Waals surface area contributed by atoms with Crippen LogP contribution in [0.2, 0.25) is 0 Å². The zero-order valence-corrected chi connectivity index (χ0v) is 18.7. The van der Waals surface area contributed by atoms with Crippen molar-refractivity contribution in [3.63, 3.8) is 0 Å². The second-order valence-electron chi connectivity index (χ2n) is 8.06. The monoisotopic (exact) mass is 465 g/mol. The molecule has 3 rings (SSSR count). The Balaban J connectivity index is 1.21. The molecule has 0 spiro atoms. The van der Waals surface area contributed by atoms with Gasteiger partial charge in [0.2, 0.25) is 5.91 Å². The van der Waals surface area contributed by atoms with Gasteiger partial charge >= 0.3 is 0 Å². The van der Waals surface area contributed by atoms with Gasteiger partial charge in [-0.25, -0.2) is 0 Å². The van der Waals surface area contributed by atoms with Gasteiger partial charge in [0, 0.05) is 23.9 Å². The minimum Gasteiger partial charge on any atom is -0.353 e. The lowest BCUT2D eigenvalue weighted by Crippen LogP contribution is -2.26. The van der Waals surface area contributed by atoms with Crippen LogP contribution in [0.5, 0.6) is 0 Å². The Labute approximate surface area is 182 Å². The van der Waals surface area contributed by atoms with Crippen LogP contribution in [0, 0.1) is 0 Å². The predicted octanol–water partition coefficient (Wildman–Crippen LogP) is 5.01. The maximum atomic E-state index is 12.2. The average Bonchev–Trinajstić information content (AvgIpc) is 3.11. The fourth-order valence-electron chi connectivity index (χ4n) is 4.06. The molecule has 1 fully saturated rings. The molecule has 2 atom stereocenters. The van der Waals surface area contributed by atoms with E-state index in [9.17, 15) is 9.59 Å². The highest BCUT2D eigenvalue weighted by molar-refractivity contribution is 9.10. The number of carbonyl (C=O) groups is 2. The molecule has 160 valence electrons. The summed E-state index contributed by atoms with van der Waals surface area (Å²) >= 11 is 3.51. The lowest BCUT2D eigenvalue weighted by molar-refractivity contribution is -0.169. The van der Waals surface area contributed by atoms with E-state index in [0.29, 0.717) is 12.8 Å². The third kappa shape index (κ3) is 7.50. The van der Waals surface area contributed by atoms with E-state index in [1.807, 2.05) is 6.07 Å². The van der Waals surface area contributed by atoms with Crippen LogP contribution in [-0.2, 0) is 25.5 Å². The number of nitrogens with one attached hydrogen (secondary N) is 1. The van der Waals surface area contributed by atoms with Gasteiger partial charge in [0.25, 0.3) is 0 Å². The van der Waals surface area contributed by atoms with Crippen LogP contribution < -0.4 is 5.32 Å². The molecule has 1 aromatic carbocycles. The second-order valence-corrected chi connectivity index (χ2v) is 8.98. The Morgan fingerprint density at radius 3 is 2.72 bits per heavy atom. The number of ether oxygens (including phenoxy) is 2. The molecule has 1 aliphatic carbocycles. The SMILES string of the molecule is O=C(CCCCCCC(=O)NC1CCc2cc(Br)ccc21)COC1CCCCO1. The van der Waals surface area contributed by atoms with Crippen molar-refractivity contribution in [3.8, 4) is 0 Å². The van der Waals surface area contributed by atoms with Crippen molar-refractivity contribution >= 4 is 27.6 Å². The van der Waals surface area contributed by atoms with E-state index in [4.69, 9.17) is 9.47 Å². The molecule has 1 heterocycles. The number of fused-ring (bicyclic) bond motifs is 1. The van der Waals surface area contributed by atoms with Crippen molar-refractivity contribution in [2.75, 3.05) is 13.2 Å². The third-order valence-corrected chi connectivity index (χ3v) is 6.19. The van der Waals surface area contributed by atoms with Crippen molar-refractivity contribution in [3.05, 3.63) is 33.8 Å². The van der Waals surface area contributed by atoms with Gasteiger partial charge in [-0.2, -0.15) is 0 Å². The summed E-state index contributed by atoms with van der Waals surface area (Å²) in [5, 5.41) is 3.17. The maximum Gasteiger partial charge on any atom is 0.220 e. The number of benzene rings is 1. The van der Waals surface area contributed by atoms with E-state index >= 15 is 0 Å². The molecule has 1 amide bonds. The van der Waals surface area contributed by atoms with Crippen LogP contribution in [0.25, 0.3) is 0 Å². The van der Waals surface area contributed by atoms with Crippen LogP contribution in [0.15, 0.2) is 22.7 Å². The standard InChI is InChI=1S/C23H32BrNO4/c24-18-11-12-20-17(15-18)10-13-21(20)25-22(27)8-4-2-1-3-7-19(26)16-29-23-9-5-6-14-28-23/h11-12,15,21,23H,1-10,13-14,16H2,(H,25,27). The Morgan fingerprint density at radius 2 is 1.93 bits per heavy atom. The van der Waals surface area contributed by atoms with Gasteiger partial charge in [0.05, 0.1) is 6.04 Å². The van der Waals surface area contributed by atoms with E-state index in [1.54, 1.807) is 0 Å². The van der Waals surface area contributed by atoms with Crippen LogP contribution >= 0.6 is 15.9 Å². The van der Waals surface area contributed by atoms with Crippen LogP contribution in [0.1, 0.15) is 81.4 Å². The van der Waals surface area contributed by atoms with Crippen molar-refractivity contribution < 1.29 is 19.1 Å². The smallest absolute Gasteiger partial charge is 0.220 e. The molecule has 6 heteroatoms. The van der Waals surface area contributed by atoms with Gasteiger partial charge in [-0.3, -0.25) is 9.59 Å². The number of ketones is 1. The fraction of sp³-hybridized carbons (Fsp3) is 0.652. The van der Waals surface area contributed by atoms with Gasteiger partial charge in [-0.1, -0.05) is 34.8 Å². The summed E-state index contributed by atoms with van der Waals surface area (Å²) in [7, 11) is 0. The van der Waals surface area contributed by atoms with Gasteiger partial charge < -0.3 is 14.8 Å². The molecule has 2 unspecified atom stereocenters. The molecule has 5 nitrogen and oxygen atoms in total. The largest absolute Gasteiger partial charge is 0.353 e. The highest BCUT2D eigenvalue weighted by atomic mass is 79.9. The minimum atomic E-state index is -0.195. The van der Waals surface area contributed by atoms with E-state index in [1.165, 1.54) is 11.1 Å². The van der Waals surface area contributed by atoms with Crippen molar-refractivity contribution in [1.82, 2.24) is 5.32 Å². The van der Waals surface area contributed by atoms with Crippen molar-refractivity contribution in [2.45, 2.75) is 83.0 Å². The Morgan fingerprint density at radius 1 is 1.10 bits per heavy atom. The van der Waals surface area contributed by atoms with E-state index < -0.39 is 0 Å². The first-order chi connectivity index (χ1) is 14.1. The number of aryl methyl sites for hydroxylation is 1. The van der Waals surface area contributed by atoms with E-state index in [-0.39, 0.29) is 30.6 Å². The van der Waals surface area contributed by atoms with Crippen molar-refractivity contribution in [1.29, 1.82) is 0 Å². The van der Waals surface area contributed by atoms with Gasteiger partial charge in [-0.05, 0) is 68.2 Å². The highest BCUT2D eigenvalue weighted by Crippen LogP contribution is 2.33. The first kappa shape index (κ1) is 22.4. The zero-order chi connectivity index (χ0) is 20.5. The van der Waals surface area contributed by atoms with E-state index in [2.05, 4.69) is 33.4 Å². The second kappa shape index (κ2) is 11.8. The maximum absolute atomic E-state index is 12.2. The quantitative estimate of drug-likeness (QED) is 0.466. The molecular weight excluding hydrogens is 434 g/mol. The van der Waals surface area contributed by atoms with Crippen LogP contribution in [0.3, 0.4) is 0 Å². The van der Waals surface area contributed by atoms with Gasteiger partial charge in [0.1, 0.15) is 6.61 Å². The summed E-state index contributed by atoms with van der Waals surface area (Å²) < 4.78 is 12.1. The molecular formula is C23H32BrNO4. The average molecular weight is 466 g/mol. The molecule has 1 aromatic rings. The topological polar surface area (TPSA) is 64.6 Å². The number of amides is 1. The number of hydrogen-bond donors (Lipinski definition) is 1. The minimum absolute atomic E-state index is 0.128. The molecule has 0 radical (unpaired) electrons. The first-order valence-electron chi connectivity index (χ1n) is 10.9. The lowest BCUT2D eigenvalue weighted by atomic mass is 10.1. The highest BCUT2D eigenvalue weighted by Gasteiger charge is 2.23. The first-order valence-corrected chi connectivity index (χ1v) is 11.7. The molecule has 0 saturated carbocycles. The van der Waals surface area contributed by atoms with Crippen LogP contribution in [-0.4, -0.2) is 31.2 Å². The summed E-state index contributed by atoms with van der Waals surface area (Å²) in [4.78, 5) is 24.1. The number of halogens is 1. The zero-order valence-electron chi connectivity index (χ0n) is 17.1. The molecule has 2 aliphatic rings. The molecule has 1 N–H and O–H groups in total. The number of unbranched alkanes of at least 4 members (excludes halogenated alkanes) is 3. The number of rotatable bonds is 11. The Kier molecular flexibility index (Phi) is 9.15. The molecule has 1 aliphatic heterocycles. The number of Topliss-reactive ketones (excluding diaryl/α,β-unsaturated/α-hetero) is 1. The predicted molar refractivity (Wildman–Crippen MR) is 116 cm³/mol. The molecule has 1 saturated heterocycles. The third-order valence-electron chi connectivity index (χ3n) is 5.70. The van der Waals surface area contributed by atoms with Gasteiger partial charge in [0.15, 0.2) is 12.1 Å². The Bertz CT molecular complexity index is 687. The summed E-state index contributed by atoms with van der Waals surface area (Å²) in [5.41, 5.74) is 2.58. The fourth-order valence-corrected chi connectivity index (χ4v) is 4.47. The number of hydrogen-bond acceptors (Lipinski definition) is 4. The summed E-state index contributed by atoms with van der Waals surface area (Å²) in [6.45, 7) is 0.893. The van der Waals surface area contributed by atoms with Crippen LogP contribution in [0.4, 0.5) is 0 Å². The summed E-state index contributed by atoms with van der Waals surface area (Å²) in [6, 6.07) is 6.45. The van der Waals surface area contributed by atoms with Crippen molar-refractivity contribution in [2.24, 2.45) is 0 Å². The summed E-state index contributed by atoms with van der Waals surface area (Å²) in [5.74, 6) is 0.270.